The number of rotatable bonds is 3. The van der Waals surface area contributed by atoms with Crippen LogP contribution in [0.3, 0.4) is 0 Å². The lowest BCUT2D eigenvalue weighted by Gasteiger charge is -2.44. The van der Waals surface area contributed by atoms with E-state index < -0.39 is 0 Å². The van der Waals surface area contributed by atoms with Crippen molar-refractivity contribution in [1.82, 2.24) is 15.5 Å². The Kier molecular flexibility index (Phi) is 5.95. The van der Waals surface area contributed by atoms with Gasteiger partial charge in [-0.05, 0) is 92.4 Å². The highest BCUT2D eigenvalue weighted by Gasteiger charge is 2.37. The molecule has 2 aromatic carbocycles. The molecule has 2 N–H and O–H groups in total. The van der Waals surface area contributed by atoms with E-state index in [1.54, 1.807) is 12.1 Å². The number of halogens is 1. The Hall–Kier alpha value is -2.37. The van der Waals surface area contributed by atoms with E-state index in [4.69, 9.17) is 11.6 Å². The number of aryl methyl sites for hydroxylation is 1. The molecule has 2 aliphatic heterocycles. The molecule has 0 radical (unpaired) electrons. The van der Waals surface area contributed by atoms with E-state index in [2.05, 4.69) is 16.7 Å². The van der Waals surface area contributed by atoms with Crippen molar-refractivity contribution in [2.24, 2.45) is 5.41 Å². The highest BCUT2D eigenvalue weighted by Crippen LogP contribution is 2.40. The van der Waals surface area contributed by atoms with Crippen molar-refractivity contribution >= 4 is 23.4 Å². The lowest BCUT2D eigenvalue weighted by atomic mass is 9.71. The maximum absolute atomic E-state index is 13.3. The van der Waals surface area contributed by atoms with Gasteiger partial charge in [0.05, 0.1) is 16.6 Å². The van der Waals surface area contributed by atoms with Gasteiger partial charge in [0.15, 0.2) is 0 Å². The van der Waals surface area contributed by atoms with Gasteiger partial charge in [-0.15, -0.1) is 0 Å². The third-order valence-electron chi connectivity index (χ3n) is 7.67. The van der Waals surface area contributed by atoms with E-state index in [1.807, 2.05) is 29.2 Å². The van der Waals surface area contributed by atoms with E-state index in [0.29, 0.717) is 16.0 Å². The van der Waals surface area contributed by atoms with Gasteiger partial charge >= 0.3 is 0 Å². The number of amides is 2. The number of hydrogen-bond donors (Lipinski definition) is 2. The third kappa shape index (κ3) is 4.16. The summed E-state index contributed by atoms with van der Waals surface area (Å²) in [5.74, 6) is -0.0619. The second-order valence-corrected chi connectivity index (χ2v) is 9.91. The topological polar surface area (TPSA) is 61.4 Å². The van der Waals surface area contributed by atoms with Crippen LogP contribution < -0.4 is 10.6 Å². The molecule has 2 amide bonds. The first kappa shape index (κ1) is 21.5. The van der Waals surface area contributed by atoms with Crippen LogP contribution in [0.4, 0.5) is 0 Å². The summed E-state index contributed by atoms with van der Waals surface area (Å²) in [4.78, 5) is 28.1. The Bertz CT molecular complexity index is 1020. The Morgan fingerprint density at radius 2 is 1.78 bits per heavy atom. The second kappa shape index (κ2) is 8.87. The van der Waals surface area contributed by atoms with Gasteiger partial charge in [0.2, 0.25) is 0 Å². The first-order valence-corrected chi connectivity index (χ1v) is 12.1. The summed E-state index contributed by atoms with van der Waals surface area (Å²) in [6.07, 6.45) is 6.38. The van der Waals surface area contributed by atoms with Crippen LogP contribution in [-0.2, 0) is 6.42 Å². The molecule has 2 saturated heterocycles. The number of carbonyl (C=O) groups is 2. The van der Waals surface area contributed by atoms with Crippen LogP contribution >= 0.6 is 11.6 Å². The van der Waals surface area contributed by atoms with Crippen LogP contribution in [0.5, 0.6) is 0 Å². The van der Waals surface area contributed by atoms with Gasteiger partial charge in [-0.2, -0.15) is 0 Å². The van der Waals surface area contributed by atoms with Gasteiger partial charge in [0, 0.05) is 18.7 Å². The first-order chi connectivity index (χ1) is 15.5. The van der Waals surface area contributed by atoms with Crippen LogP contribution in [0.2, 0.25) is 5.02 Å². The monoisotopic (exact) mass is 451 g/mol. The number of hydrogen-bond acceptors (Lipinski definition) is 3. The minimum atomic E-state index is -0.173. The zero-order valence-electron chi connectivity index (χ0n) is 18.3. The number of carbonyl (C=O) groups excluding carboxylic acids is 2. The Balaban J connectivity index is 1.28. The molecule has 0 aromatic heterocycles. The molecule has 1 unspecified atom stereocenters. The minimum absolute atomic E-state index is 0.0964. The predicted molar refractivity (Wildman–Crippen MR) is 126 cm³/mol. The molecule has 1 atom stereocenters. The van der Waals surface area contributed by atoms with Crippen molar-refractivity contribution in [3.05, 3.63) is 69.7 Å². The van der Waals surface area contributed by atoms with E-state index >= 15 is 0 Å². The fourth-order valence-corrected chi connectivity index (χ4v) is 5.81. The largest absolute Gasteiger partial charge is 0.345 e. The summed E-state index contributed by atoms with van der Waals surface area (Å²) in [7, 11) is 0. The Morgan fingerprint density at radius 1 is 1.03 bits per heavy atom. The van der Waals surface area contributed by atoms with Crippen LogP contribution in [0, 0.1) is 5.41 Å². The molecule has 3 aliphatic rings. The summed E-state index contributed by atoms with van der Waals surface area (Å²) in [5, 5.41) is 7.02. The zero-order chi connectivity index (χ0) is 22.1. The number of fused-ring (bicyclic) bond motifs is 1. The van der Waals surface area contributed by atoms with Crippen molar-refractivity contribution in [2.75, 3.05) is 26.2 Å². The average molecular weight is 452 g/mol. The van der Waals surface area contributed by atoms with Crippen LogP contribution in [0.15, 0.2) is 42.5 Å². The standard InChI is InChI=1S/C26H30ClN3O2/c27-22-4-2-1-3-20(22)24(31)29-23-8-7-18-5-6-19(17-21(18)23)25(32)30-15-11-26(12-16-30)9-13-28-14-10-26/h1-6,17,23,28H,7-16H2,(H,29,31). The molecule has 168 valence electrons. The van der Waals surface area contributed by atoms with Crippen molar-refractivity contribution in [1.29, 1.82) is 0 Å². The maximum Gasteiger partial charge on any atom is 0.253 e. The zero-order valence-corrected chi connectivity index (χ0v) is 19.1. The van der Waals surface area contributed by atoms with E-state index in [-0.39, 0.29) is 17.9 Å². The number of piperidine rings is 2. The first-order valence-electron chi connectivity index (χ1n) is 11.7. The summed E-state index contributed by atoms with van der Waals surface area (Å²) in [6, 6.07) is 13.0. The quantitative estimate of drug-likeness (QED) is 0.728. The van der Waals surface area contributed by atoms with Gasteiger partial charge in [-0.1, -0.05) is 29.8 Å². The molecule has 6 heteroatoms. The number of benzene rings is 2. The van der Waals surface area contributed by atoms with E-state index in [0.717, 1.165) is 63.0 Å². The molecule has 5 nitrogen and oxygen atoms in total. The Morgan fingerprint density at radius 3 is 2.53 bits per heavy atom. The summed E-state index contributed by atoms with van der Waals surface area (Å²) in [6.45, 7) is 3.87. The molecule has 0 saturated carbocycles. The summed E-state index contributed by atoms with van der Waals surface area (Å²) in [5.41, 5.74) is 3.90. The SMILES string of the molecule is O=C(NC1CCc2ccc(C(=O)N3CCC4(CCNCC4)CC3)cc21)c1ccccc1Cl. The molecule has 32 heavy (non-hydrogen) atoms. The predicted octanol–water partition coefficient (Wildman–Crippen LogP) is 4.36. The van der Waals surface area contributed by atoms with E-state index in [1.165, 1.54) is 18.4 Å². The van der Waals surface area contributed by atoms with Crippen LogP contribution in [0.25, 0.3) is 0 Å². The summed E-state index contributed by atoms with van der Waals surface area (Å²) >= 11 is 6.20. The molecule has 2 aromatic rings. The van der Waals surface area contributed by atoms with Crippen molar-refractivity contribution < 1.29 is 9.59 Å². The van der Waals surface area contributed by atoms with Gasteiger partial charge in [-0.25, -0.2) is 0 Å². The fraction of sp³-hybridized carbons (Fsp3) is 0.462. The van der Waals surface area contributed by atoms with Crippen molar-refractivity contribution in [2.45, 2.75) is 44.6 Å². The smallest absolute Gasteiger partial charge is 0.253 e. The lowest BCUT2D eigenvalue weighted by Crippen LogP contribution is -2.47. The Labute approximate surface area is 194 Å². The van der Waals surface area contributed by atoms with Gasteiger partial charge in [0.1, 0.15) is 0 Å². The molecule has 1 aliphatic carbocycles. The van der Waals surface area contributed by atoms with Crippen molar-refractivity contribution in [3.8, 4) is 0 Å². The maximum atomic E-state index is 13.3. The molecular formula is C26H30ClN3O2. The number of nitrogens with zero attached hydrogens (tertiary/aromatic N) is 1. The average Bonchev–Trinajstić information content (AvgIpc) is 3.22. The van der Waals surface area contributed by atoms with Gasteiger partial charge in [-0.3, -0.25) is 9.59 Å². The molecular weight excluding hydrogens is 422 g/mol. The van der Waals surface area contributed by atoms with E-state index in [9.17, 15) is 9.59 Å². The second-order valence-electron chi connectivity index (χ2n) is 9.50. The van der Waals surface area contributed by atoms with Gasteiger partial charge < -0.3 is 15.5 Å². The summed E-state index contributed by atoms with van der Waals surface area (Å²) < 4.78 is 0. The minimum Gasteiger partial charge on any atom is -0.345 e. The fourth-order valence-electron chi connectivity index (χ4n) is 5.59. The number of nitrogens with one attached hydrogen (secondary N) is 2. The third-order valence-corrected chi connectivity index (χ3v) is 8.00. The lowest BCUT2D eigenvalue weighted by molar-refractivity contribution is 0.0495. The molecule has 5 rings (SSSR count). The van der Waals surface area contributed by atoms with Crippen molar-refractivity contribution in [3.63, 3.8) is 0 Å². The molecule has 1 spiro atoms. The van der Waals surface area contributed by atoms with Crippen LogP contribution in [-0.4, -0.2) is 42.9 Å². The number of likely N-dealkylation sites (tertiary alicyclic amines) is 1. The van der Waals surface area contributed by atoms with Gasteiger partial charge in [0.25, 0.3) is 11.8 Å². The van der Waals surface area contributed by atoms with Crippen LogP contribution in [0.1, 0.15) is 70.0 Å². The molecule has 2 heterocycles. The molecule has 2 fully saturated rings. The normalized spacial score (nSPS) is 21.9. The molecule has 0 bridgehead atoms. The highest BCUT2D eigenvalue weighted by molar-refractivity contribution is 6.33. The highest BCUT2D eigenvalue weighted by atomic mass is 35.5.